The van der Waals surface area contributed by atoms with E-state index < -0.39 is 23.7 Å². The number of methoxy groups -OCH3 is 2. The number of thiazole rings is 1. The first-order valence-electron chi connectivity index (χ1n) is 12.6. The Balaban J connectivity index is 1.96. The molecule has 0 bridgehead atoms. The molecule has 40 heavy (non-hydrogen) atoms. The predicted octanol–water partition coefficient (Wildman–Crippen LogP) is 4.98. The maximum Gasteiger partial charge on any atom is 0.350 e. The van der Waals surface area contributed by atoms with Gasteiger partial charge in [0.2, 0.25) is 0 Å². The molecule has 2 aromatic carbocycles. The number of esters is 1. The summed E-state index contributed by atoms with van der Waals surface area (Å²) in [4.78, 5) is 45.5. The molecular weight excluding hydrogens is 536 g/mol. The van der Waals surface area contributed by atoms with Gasteiger partial charge in [-0.15, -0.1) is 0 Å². The molecular formula is C29H30N2O8S. The molecule has 210 valence electrons. The van der Waals surface area contributed by atoms with Gasteiger partial charge in [-0.05, 0) is 69.2 Å². The van der Waals surface area contributed by atoms with Crippen LogP contribution in [0.25, 0.3) is 5.76 Å². The molecule has 1 amide bonds. The smallest absolute Gasteiger partial charge is 0.350 e. The lowest BCUT2D eigenvalue weighted by Gasteiger charge is -2.24. The summed E-state index contributed by atoms with van der Waals surface area (Å²) in [5.74, 6) is -1.27. The van der Waals surface area contributed by atoms with Gasteiger partial charge < -0.3 is 24.1 Å². The first kappa shape index (κ1) is 28.6. The fourth-order valence-electron chi connectivity index (χ4n) is 4.52. The number of aryl methyl sites for hydroxylation is 2. The van der Waals surface area contributed by atoms with E-state index >= 15 is 0 Å². The van der Waals surface area contributed by atoms with Crippen LogP contribution >= 0.6 is 11.3 Å². The zero-order valence-corrected chi connectivity index (χ0v) is 23.9. The number of ketones is 1. The van der Waals surface area contributed by atoms with Gasteiger partial charge >= 0.3 is 11.9 Å². The lowest BCUT2D eigenvalue weighted by molar-refractivity contribution is -0.132. The molecule has 1 unspecified atom stereocenters. The standard InChI is InChI=1S/C29H30N2O8S/c1-7-38-20-12-9-17(14-21(20)37-6)23-22(24(32)19-11-10-18(36-5)13-15(19)3)25(33)27(34)31(23)29-30-16(4)26(40-29)28(35)39-8-2/h9-14,23,32H,7-8H2,1-6H3. The highest BCUT2D eigenvalue weighted by Gasteiger charge is 2.48. The van der Waals surface area contributed by atoms with Crippen molar-refractivity contribution in [1.82, 2.24) is 4.98 Å². The Morgan fingerprint density at radius 2 is 1.77 bits per heavy atom. The molecule has 10 nitrogen and oxygen atoms in total. The fourth-order valence-corrected chi connectivity index (χ4v) is 5.51. The van der Waals surface area contributed by atoms with E-state index in [4.69, 9.17) is 18.9 Å². The minimum absolute atomic E-state index is 0.117. The van der Waals surface area contributed by atoms with Crippen molar-refractivity contribution >= 4 is 39.9 Å². The minimum Gasteiger partial charge on any atom is -0.507 e. The van der Waals surface area contributed by atoms with Crippen LogP contribution in [0.3, 0.4) is 0 Å². The highest BCUT2D eigenvalue weighted by molar-refractivity contribution is 7.17. The number of benzene rings is 2. The number of carbonyl (C=O) groups excluding carboxylic acids is 3. The summed E-state index contributed by atoms with van der Waals surface area (Å²) < 4.78 is 21.6. The number of carbonyl (C=O) groups is 3. The summed E-state index contributed by atoms with van der Waals surface area (Å²) in [6.07, 6.45) is 0. The number of hydrogen-bond donors (Lipinski definition) is 1. The third-order valence-electron chi connectivity index (χ3n) is 6.39. The average Bonchev–Trinajstić information content (AvgIpc) is 3.45. The monoisotopic (exact) mass is 566 g/mol. The summed E-state index contributed by atoms with van der Waals surface area (Å²) in [6.45, 7) is 7.49. The fraction of sp³-hybridized carbons (Fsp3) is 0.310. The second kappa shape index (κ2) is 11.8. The van der Waals surface area contributed by atoms with E-state index in [-0.39, 0.29) is 27.9 Å². The van der Waals surface area contributed by atoms with Crippen LogP contribution in [-0.4, -0.2) is 55.2 Å². The molecule has 0 saturated carbocycles. The summed E-state index contributed by atoms with van der Waals surface area (Å²) in [6, 6.07) is 8.94. The summed E-state index contributed by atoms with van der Waals surface area (Å²) in [7, 11) is 3.01. The molecule has 1 aliphatic rings. The number of amides is 1. The maximum atomic E-state index is 13.6. The largest absolute Gasteiger partial charge is 0.507 e. The van der Waals surface area contributed by atoms with E-state index in [2.05, 4.69) is 4.98 Å². The van der Waals surface area contributed by atoms with E-state index in [0.29, 0.717) is 46.2 Å². The van der Waals surface area contributed by atoms with E-state index in [1.165, 1.54) is 19.1 Å². The molecule has 2 heterocycles. The van der Waals surface area contributed by atoms with E-state index in [1.54, 1.807) is 57.2 Å². The summed E-state index contributed by atoms with van der Waals surface area (Å²) in [5, 5.41) is 11.6. The van der Waals surface area contributed by atoms with Crippen LogP contribution in [0.15, 0.2) is 42.0 Å². The Hall–Kier alpha value is -4.38. The van der Waals surface area contributed by atoms with Crippen LogP contribution in [0.5, 0.6) is 17.2 Å². The van der Waals surface area contributed by atoms with Crippen molar-refractivity contribution in [2.24, 2.45) is 0 Å². The van der Waals surface area contributed by atoms with Gasteiger partial charge in [0.05, 0.1) is 44.7 Å². The molecule has 3 aromatic rings. The van der Waals surface area contributed by atoms with Gasteiger partial charge in [-0.1, -0.05) is 17.4 Å². The molecule has 1 atom stereocenters. The first-order valence-corrected chi connectivity index (χ1v) is 13.4. The molecule has 1 aliphatic heterocycles. The van der Waals surface area contributed by atoms with E-state index in [9.17, 15) is 19.5 Å². The number of anilines is 1. The number of aromatic nitrogens is 1. The van der Waals surface area contributed by atoms with Crippen molar-refractivity contribution in [3.8, 4) is 17.2 Å². The van der Waals surface area contributed by atoms with Crippen molar-refractivity contribution in [3.05, 3.63) is 69.2 Å². The number of hydrogen-bond acceptors (Lipinski definition) is 10. The Bertz CT molecular complexity index is 1510. The highest BCUT2D eigenvalue weighted by atomic mass is 32.1. The van der Waals surface area contributed by atoms with Gasteiger partial charge in [-0.2, -0.15) is 0 Å². The molecule has 0 aliphatic carbocycles. The number of nitrogens with zero attached hydrogens (tertiary/aromatic N) is 2. The normalized spacial score (nSPS) is 16.2. The highest BCUT2D eigenvalue weighted by Crippen LogP contribution is 2.46. The second-order valence-electron chi connectivity index (χ2n) is 8.82. The molecule has 1 aromatic heterocycles. The molecule has 1 N–H and O–H groups in total. The third-order valence-corrected chi connectivity index (χ3v) is 7.53. The zero-order valence-electron chi connectivity index (χ0n) is 23.1. The summed E-state index contributed by atoms with van der Waals surface area (Å²) >= 11 is 0.938. The van der Waals surface area contributed by atoms with Gasteiger partial charge in [-0.25, -0.2) is 9.78 Å². The number of aliphatic hydroxyl groups excluding tert-OH is 1. The van der Waals surface area contributed by atoms with Crippen molar-refractivity contribution in [1.29, 1.82) is 0 Å². The SMILES string of the molecule is CCOC(=O)c1sc(N2C(=O)C(=O)C(=C(O)c3ccc(OC)cc3C)C2c2ccc(OCC)c(OC)c2)nc1C. The summed E-state index contributed by atoms with van der Waals surface area (Å²) in [5.41, 5.74) is 1.70. The van der Waals surface area contributed by atoms with E-state index in [1.807, 2.05) is 6.92 Å². The van der Waals surface area contributed by atoms with Crippen LogP contribution in [0, 0.1) is 13.8 Å². The average molecular weight is 567 g/mol. The maximum absolute atomic E-state index is 13.6. The van der Waals surface area contributed by atoms with Gasteiger partial charge in [0.25, 0.3) is 5.78 Å². The minimum atomic E-state index is -1.08. The van der Waals surface area contributed by atoms with Crippen LogP contribution in [-0.2, 0) is 14.3 Å². The quantitative estimate of drug-likeness (QED) is 0.165. The number of aliphatic hydroxyl groups is 1. The predicted molar refractivity (Wildman–Crippen MR) is 149 cm³/mol. The Morgan fingerprint density at radius 1 is 1.02 bits per heavy atom. The topological polar surface area (TPSA) is 124 Å². The number of Topliss-reactive ketones (excluding diaryl/α,β-unsaturated/α-hetero) is 1. The van der Waals surface area contributed by atoms with Crippen molar-refractivity contribution < 1.29 is 38.4 Å². The van der Waals surface area contributed by atoms with Crippen molar-refractivity contribution in [2.75, 3.05) is 32.3 Å². The van der Waals surface area contributed by atoms with Crippen LogP contribution < -0.4 is 19.1 Å². The lowest BCUT2D eigenvalue weighted by atomic mass is 9.93. The molecule has 1 saturated heterocycles. The Kier molecular flexibility index (Phi) is 8.43. The third kappa shape index (κ3) is 5.12. The Labute approximate surface area is 235 Å². The van der Waals surface area contributed by atoms with Crippen LogP contribution in [0.4, 0.5) is 5.13 Å². The Morgan fingerprint density at radius 3 is 2.40 bits per heavy atom. The second-order valence-corrected chi connectivity index (χ2v) is 9.80. The molecule has 1 fully saturated rings. The van der Waals surface area contributed by atoms with Crippen LogP contribution in [0.2, 0.25) is 0 Å². The van der Waals surface area contributed by atoms with Crippen LogP contribution in [0.1, 0.15) is 51.9 Å². The zero-order chi connectivity index (χ0) is 29.1. The van der Waals surface area contributed by atoms with Gasteiger partial charge in [0.15, 0.2) is 16.6 Å². The van der Waals surface area contributed by atoms with E-state index in [0.717, 1.165) is 11.3 Å². The number of rotatable bonds is 9. The van der Waals surface area contributed by atoms with Crippen molar-refractivity contribution in [2.45, 2.75) is 33.7 Å². The number of ether oxygens (including phenoxy) is 4. The molecule has 4 rings (SSSR count). The molecule has 11 heteroatoms. The lowest BCUT2D eigenvalue weighted by Crippen LogP contribution is -2.29. The first-order chi connectivity index (χ1) is 19.2. The van der Waals surface area contributed by atoms with Gasteiger partial charge in [0.1, 0.15) is 16.4 Å². The molecule has 0 spiro atoms. The van der Waals surface area contributed by atoms with Crippen molar-refractivity contribution in [3.63, 3.8) is 0 Å². The van der Waals surface area contributed by atoms with Gasteiger partial charge in [-0.3, -0.25) is 14.5 Å². The van der Waals surface area contributed by atoms with Gasteiger partial charge in [0, 0.05) is 5.56 Å². The molecule has 0 radical (unpaired) electrons.